The summed E-state index contributed by atoms with van der Waals surface area (Å²) in [7, 11) is 0. The summed E-state index contributed by atoms with van der Waals surface area (Å²) in [5.41, 5.74) is 8.16. The van der Waals surface area contributed by atoms with Crippen LogP contribution >= 0.6 is 12.2 Å². The van der Waals surface area contributed by atoms with Gasteiger partial charge in [-0.05, 0) is 43.2 Å². The van der Waals surface area contributed by atoms with E-state index >= 15 is 0 Å². The second-order valence-corrected chi connectivity index (χ2v) is 6.75. The highest BCUT2D eigenvalue weighted by molar-refractivity contribution is 7.80. The van der Waals surface area contributed by atoms with Crippen LogP contribution < -0.4 is 10.6 Å². The summed E-state index contributed by atoms with van der Waals surface area (Å²) < 4.78 is 0. The third kappa shape index (κ3) is 2.80. The molecule has 0 radical (unpaired) electrons. The molecule has 108 valence electrons. The number of piperidine rings is 1. The Morgan fingerprint density at radius 2 is 1.80 bits per heavy atom. The highest BCUT2D eigenvalue weighted by atomic mass is 32.1. The number of nitrogens with two attached hydrogens (primary N) is 1. The first-order chi connectivity index (χ1) is 9.69. The van der Waals surface area contributed by atoms with E-state index in [1.165, 1.54) is 50.6 Å². The first-order valence-corrected chi connectivity index (χ1v) is 8.10. The fraction of sp³-hybridized carbons (Fsp3) is 0.625. The number of nitrogens with zero attached hydrogens (tertiary/aromatic N) is 2. The van der Waals surface area contributed by atoms with Crippen LogP contribution in [0.4, 0.5) is 5.69 Å². The SMILES string of the molecule is NC(=S)c1ccc(N2CCC3(CCCCC3)CC2)cn1. The number of pyridine rings is 1. The predicted octanol–water partition coefficient (Wildman–Crippen LogP) is 3.27. The van der Waals surface area contributed by atoms with Crippen molar-refractivity contribution in [1.82, 2.24) is 4.98 Å². The van der Waals surface area contributed by atoms with Gasteiger partial charge in [0.05, 0.1) is 17.6 Å². The summed E-state index contributed by atoms with van der Waals surface area (Å²) >= 11 is 4.94. The number of aromatic nitrogens is 1. The molecule has 2 aliphatic rings. The third-order valence-electron chi connectivity index (χ3n) is 5.10. The van der Waals surface area contributed by atoms with Gasteiger partial charge in [0.15, 0.2) is 0 Å². The van der Waals surface area contributed by atoms with Crippen molar-refractivity contribution in [3.63, 3.8) is 0 Å². The molecule has 20 heavy (non-hydrogen) atoms. The Balaban J connectivity index is 1.64. The van der Waals surface area contributed by atoms with Gasteiger partial charge in [0.1, 0.15) is 4.99 Å². The van der Waals surface area contributed by atoms with E-state index in [1.54, 1.807) is 0 Å². The zero-order chi connectivity index (χ0) is 14.0. The zero-order valence-corrected chi connectivity index (χ0v) is 12.8. The van der Waals surface area contributed by atoms with Crippen molar-refractivity contribution in [2.75, 3.05) is 18.0 Å². The maximum absolute atomic E-state index is 5.59. The molecule has 3 rings (SSSR count). The fourth-order valence-electron chi connectivity index (χ4n) is 3.76. The van der Waals surface area contributed by atoms with Crippen molar-refractivity contribution < 1.29 is 0 Å². The molecule has 0 atom stereocenters. The normalized spacial score (nSPS) is 21.9. The van der Waals surface area contributed by atoms with Crippen LogP contribution in [-0.4, -0.2) is 23.1 Å². The second kappa shape index (κ2) is 5.68. The largest absolute Gasteiger partial charge is 0.388 e. The highest BCUT2D eigenvalue weighted by Gasteiger charge is 2.35. The van der Waals surface area contributed by atoms with Gasteiger partial charge in [0, 0.05) is 13.1 Å². The lowest BCUT2D eigenvalue weighted by atomic mass is 9.68. The molecule has 2 heterocycles. The van der Waals surface area contributed by atoms with Gasteiger partial charge in [0.25, 0.3) is 0 Å². The van der Waals surface area contributed by atoms with Gasteiger partial charge in [-0.25, -0.2) is 0 Å². The van der Waals surface area contributed by atoms with Crippen molar-refractivity contribution in [3.8, 4) is 0 Å². The fourth-order valence-corrected chi connectivity index (χ4v) is 3.88. The monoisotopic (exact) mass is 289 g/mol. The number of rotatable bonds is 2. The Morgan fingerprint density at radius 1 is 1.10 bits per heavy atom. The Hall–Kier alpha value is -1.16. The van der Waals surface area contributed by atoms with E-state index in [2.05, 4.69) is 16.0 Å². The summed E-state index contributed by atoms with van der Waals surface area (Å²) in [5, 5.41) is 0. The van der Waals surface area contributed by atoms with Crippen LogP contribution in [0.1, 0.15) is 50.6 Å². The van der Waals surface area contributed by atoms with Gasteiger partial charge < -0.3 is 10.6 Å². The maximum atomic E-state index is 5.59. The first-order valence-electron chi connectivity index (χ1n) is 7.69. The molecule has 1 spiro atoms. The van der Waals surface area contributed by atoms with E-state index in [0.29, 0.717) is 16.1 Å². The van der Waals surface area contributed by atoms with E-state index in [1.807, 2.05) is 12.3 Å². The minimum atomic E-state index is 0.372. The Labute approximate surface area is 126 Å². The van der Waals surface area contributed by atoms with E-state index in [-0.39, 0.29) is 0 Å². The van der Waals surface area contributed by atoms with Crippen LogP contribution in [-0.2, 0) is 0 Å². The Morgan fingerprint density at radius 3 is 2.35 bits per heavy atom. The van der Waals surface area contributed by atoms with Crippen LogP contribution in [0.15, 0.2) is 18.3 Å². The smallest absolute Gasteiger partial charge is 0.122 e. The zero-order valence-electron chi connectivity index (χ0n) is 12.0. The number of hydrogen-bond acceptors (Lipinski definition) is 3. The summed E-state index contributed by atoms with van der Waals surface area (Å²) in [5.74, 6) is 0. The molecule has 3 nitrogen and oxygen atoms in total. The lowest BCUT2D eigenvalue weighted by molar-refractivity contribution is 0.144. The van der Waals surface area contributed by atoms with Gasteiger partial charge >= 0.3 is 0 Å². The molecule has 1 aromatic rings. The average Bonchev–Trinajstić information content (AvgIpc) is 2.49. The van der Waals surface area contributed by atoms with Gasteiger partial charge in [-0.15, -0.1) is 0 Å². The molecule has 0 amide bonds. The number of hydrogen-bond donors (Lipinski definition) is 1. The van der Waals surface area contributed by atoms with Crippen LogP contribution in [0.25, 0.3) is 0 Å². The molecule has 2 N–H and O–H groups in total. The van der Waals surface area contributed by atoms with Crippen molar-refractivity contribution in [2.24, 2.45) is 11.1 Å². The summed E-state index contributed by atoms with van der Waals surface area (Å²) in [6.45, 7) is 2.32. The predicted molar refractivity (Wildman–Crippen MR) is 87.1 cm³/mol. The highest BCUT2D eigenvalue weighted by Crippen LogP contribution is 2.45. The van der Waals surface area contributed by atoms with E-state index in [0.717, 1.165) is 13.1 Å². The van der Waals surface area contributed by atoms with Gasteiger partial charge in [0.2, 0.25) is 0 Å². The number of thiocarbonyl (C=S) groups is 1. The summed E-state index contributed by atoms with van der Waals surface area (Å²) in [6, 6.07) is 4.03. The molecule has 1 saturated heterocycles. The second-order valence-electron chi connectivity index (χ2n) is 6.31. The van der Waals surface area contributed by atoms with Crippen molar-refractivity contribution in [3.05, 3.63) is 24.0 Å². The number of anilines is 1. The molecule has 4 heteroatoms. The van der Waals surface area contributed by atoms with Crippen LogP contribution in [0, 0.1) is 5.41 Å². The molecular weight excluding hydrogens is 266 g/mol. The minimum Gasteiger partial charge on any atom is -0.388 e. The first kappa shape index (κ1) is 13.8. The average molecular weight is 289 g/mol. The third-order valence-corrected chi connectivity index (χ3v) is 5.31. The minimum absolute atomic E-state index is 0.372. The van der Waals surface area contributed by atoms with Crippen LogP contribution in [0.5, 0.6) is 0 Å². The molecule has 1 aliphatic carbocycles. The van der Waals surface area contributed by atoms with E-state index in [9.17, 15) is 0 Å². The van der Waals surface area contributed by atoms with Crippen LogP contribution in [0.2, 0.25) is 0 Å². The molecular formula is C16H23N3S. The van der Waals surface area contributed by atoms with E-state index in [4.69, 9.17) is 18.0 Å². The van der Waals surface area contributed by atoms with Crippen molar-refractivity contribution in [2.45, 2.75) is 44.9 Å². The Bertz CT molecular complexity index is 467. The van der Waals surface area contributed by atoms with Crippen molar-refractivity contribution in [1.29, 1.82) is 0 Å². The molecule has 1 aliphatic heterocycles. The maximum Gasteiger partial charge on any atom is 0.122 e. The van der Waals surface area contributed by atoms with Gasteiger partial charge in [-0.3, -0.25) is 4.98 Å². The summed E-state index contributed by atoms with van der Waals surface area (Å²) in [6.07, 6.45) is 11.8. The summed E-state index contributed by atoms with van der Waals surface area (Å²) in [4.78, 5) is 7.18. The quantitative estimate of drug-likeness (QED) is 0.849. The van der Waals surface area contributed by atoms with Crippen molar-refractivity contribution >= 4 is 22.9 Å². The lowest BCUT2D eigenvalue weighted by Crippen LogP contribution is -2.41. The lowest BCUT2D eigenvalue weighted by Gasteiger charge is -2.45. The Kier molecular flexibility index (Phi) is 3.92. The van der Waals surface area contributed by atoms with Gasteiger partial charge in [-0.2, -0.15) is 0 Å². The molecule has 2 fully saturated rings. The molecule has 0 unspecified atom stereocenters. The molecule has 1 saturated carbocycles. The standard InChI is InChI=1S/C16H23N3S/c17-15(20)14-5-4-13(12-18-14)19-10-8-16(9-11-19)6-2-1-3-7-16/h4-5,12H,1-3,6-11H2,(H2,17,20). The van der Waals surface area contributed by atoms with E-state index < -0.39 is 0 Å². The molecule has 1 aromatic heterocycles. The van der Waals surface area contributed by atoms with Crippen LogP contribution in [0.3, 0.4) is 0 Å². The van der Waals surface area contributed by atoms with Gasteiger partial charge in [-0.1, -0.05) is 31.5 Å². The molecule has 0 aromatic carbocycles. The molecule has 0 bridgehead atoms. The topological polar surface area (TPSA) is 42.1 Å².